The molecule has 0 aliphatic carbocycles. The Kier molecular flexibility index (Phi) is 6.72. The zero-order valence-electron chi connectivity index (χ0n) is 17.7. The van der Waals surface area contributed by atoms with Gasteiger partial charge in [-0.1, -0.05) is 37.5 Å². The van der Waals surface area contributed by atoms with Crippen LogP contribution in [-0.2, 0) is 0 Å². The van der Waals surface area contributed by atoms with Crippen molar-refractivity contribution >= 4 is 22.9 Å². The number of ether oxygens (including phenoxy) is 1. The molecule has 6 nitrogen and oxygen atoms in total. The SMILES string of the molecule is C=C/C=C\C(=C/C)COc1ccc2[nH]c(C(=O)c3cc(C)c(/C=N\C(=C)N)[nH]3)cc2c1. The largest absolute Gasteiger partial charge is 0.489 e. The highest BCUT2D eigenvalue weighted by molar-refractivity contribution is 6.09. The Morgan fingerprint density at radius 1 is 1.23 bits per heavy atom. The minimum Gasteiger partial charge on any atom is -0.489 e. The number of aliphatic imine (C=N–C) groups is 1. The average molecular weight is 415 g/mol. The molecule has 0 aliphatic heterocycles. The van der Waals surface area contributed by atoms with E-state index in [1.807, 2.05) is 56.3 Å². The number of nitrogens with one attached hydrogen (secondary N) is 2. The van der Waals surface area contributed by atoms with Crippen LogP contribution in [0.25, 0.3) is 10.9 Å². The molecule has 0 radical (unpaired) electrons. The molecule has 0 atom stereocenters. The molecule has 0 saturated heterocycles. The van der Waals surface area contributed by atoms with Gasteiger partial charge in [0.2, 0.25) is 5.78 Å². The molecule has 158 valence electrons. The molecule has 0 saturated carbocycles. The summed E-state index contributed by atoms with van der Waals surface area (Å²) in [6, 6.07) is 9.31. The first-order chi connectivity index (χ1) is 14.9. The number of H-pyrrole nitrogens is 2. The fourth-order valence-electron chi connectivity index (χ4n) is 3.03. The number of benzene rings is 1. The third kappa shape index (κ3) is 5.30. The second-order valence-corrected chi connectivity index (χ2v) is 7.04. The van der Waals surface area contributed by atoms with Crippen LogP contribution in [0.15, 0.2) is 84.2 Å². The van der Waals surface area contributed by atoms with Gasteiger partial charge in [-0.15, -0.1) is 0 Å². The normalized spacial score (nSPS) is 12.1. The highest BCUT2D eigenvalue weighted by Gasteiger charge is 2.16. The van der Waals surface area contributed by atoms with Crippen molar-refractivity contribution in [2.45, 2.75) is 13.8 Å². The lowest BCUT2D eigenvalue weighted by Gasteiger charge is -2.06. The van der Waals surface area contributed by atoms with E-state index in [-0.39, 0.29) is 11.6 Å². The van der Waals surface area contributed by atoms with Gasteiger partial charge in [-0.25, -0.2) is 4.99 Å². The summed E-state index contributed by atoms with van der Waals surface area (Å²) in [7, 11) is 0. The van der Waals surface area contributed by atoms with E-state index in [1.54, 1.807) is 18.4 Å². The van der Waals surface area contributed by atoms with E-state index in [2.05, 4.69) is 28.1 Å². The predicted octanol–water partition coefficient (Wildman–Crippen LogP) is 4.95. The maximum Gasteiger partial charge on any atom is 0.225 e. The van der Waals surface area contributed by atoms with Gasteiger partial charge in [0, 0.05) is 10.9 Å². The number of aromatic nitrogens is 2. The number of hydrogen-bond acceptors (Lipinski definition) is 4. The lowest BCUT2D eigenvalue weighted by atomic mass is 10.2. The molecule has 0 spiro atoms. The maximum absolute atomic E-state index is 13.0. The zero-order valence-corrected chi connectivity index (χ0v) is 17.7. The third-order valence-electron chi connectivity index (χ3n) is 4.72. The highest BCUT2D eigenvalue weighted by Crippen LogP contribution is 2.24. The summed E-state index contributed by atoms with van der Waals surface area (Å²) in [4.78, 5) is 23.2. The van der Waals surface area contributed by atoms with Crippen LogP contribution < -0.4 is 10.5 Å². The molecule has 0 fully saturated rings. The average Bonchev–Trinajstić information content (AvgIpc) is 3.34. The Morgan fingerprint density at radius 2 is 2.00 bits per heavy atom. The van der Waals surface area contributed by atoms with Crippen molar-refractivity contribution in [1.82, 2.24) is 9.97 Å². The first-order valence-corrected chi connectivity index (χ1v) is 9.84. The molecule has 3 aromatic rings. The quantitative estimate of drug-likeness (QED) is 0.262. The molecule has 0 unspecified atom stereocenters. The summed E-state index contributed by atoms with van der Waals surface area (Å²) >= 11 is 0. The number of nitrogens with two attached hydrogens (primary N) is 1. The molecule has 2 aromatic heterocycles. The van der Waals surface area contributed by atoms with Crippen LogP contribution in [0.3, 0.4) is 0 Å². The number of nitrogens with zero attached hydrogens (tertiary/aromatic N) is 1. The van der Waals surface area contributed by atoms with Crippen molar-refractivity contribution < 1.29 is 9.53 Å². The first-order valence-electron chi connectivity index (χ1n) is 9.84. The molecule has 31 heavy (non-hydrogen) atoms. The number of carbonyl (C=O) groups is 1. The van der Waals surface area contributed by atoms with Crippen LogP contribution in [-0.4, -0.2) is 28.6 Å². The molecule has 0 bridgehead atoms. The van der Waals surface area contributed by atoms with Crippen LogP contribution in [0.5, 0.6) is 5.75 Å². The Bertz CT molecular complexity index is 1220. The Labute approximate surface area is 181 Å². The van der Waals surface area contributed by atoms with Gasteiger partial charge in [-0.3, -0.25) is 4.79 Å². The van der Waals surface area contributed by atoms with E-state index < -0.39 is 0 Å². The van der Waals surface area contributed by atoms with E-state index in [1.165, 1.54) is 0 Å². The van der Waals surface area contributed by atoms with Gasteiger partial charge in [0.25, 0.3) is 0 Å². The monoisotopic (exact) mass is 414 g/mol. The number of fused-ring (bicyclic) bond motifs is 1. The van der Waals surface area contributed by atoms with Crippen molar-refractivity contribution in [3.63, 3.8) is 0 Å². The summed E-state index contributed by atoms with van der Waals surface area (Å²) in [5.74, 6) is 0.792. The van der Waals surface area contributed by atoms with Crippen LogP contribution in [0.2, 0.25) is 0 Å². The number of carbonyl (C=O) groups excluding carboxylic acids is 1. The van der Waals surface area contributed by atoms with E-state index >= 15 is 0 Å². The van der Waals surface area contributed by atoms with Crippen LogP contribution in [0.1, 0.15) is 34.4 Å². The highest BCUT2D eigenvalue weighted by atomic mass is 16.5. The number of allylic oxidation sites excluding steroid dienone is 3. The number of hydrogen-bond donors (Lipinski definition) is 3. The summed E-state index contributed by atoms with van der Waals surface area (Å²) in [5, 5.41) is 0.897. The Morgan fingerprint density at radius 3 is 2.71 bits per heavy atom. The molecule has 0 aliphatic rings. The van der Waals surface area contributed by atoms with Crippen molar-refractivity contribution in [2.24, 2.45) is 10.7 Å². The van der Waals surface area contributed by atoms with E-state index in [0.717, 1.165) is 27.8 Å². The smallest absolute Gasteiger partial charge is 0.225 e. The van der Waals surface area contributed by atoms with Gasteiger partial charge >= 0.3 is 0 Å². The van der Waals surface area contributed by atoms with Crippen molar-refractivity contribution in [3.05, 3.63) is 102 Å². The third-order valence-corrected chi connectivity index (χ3v) is 4.72. The predicted molar refractivity (Wildman–Crippen MR) is 127 cm³/mol. The molecule has 2 heterocycles. The molecule has 4 N–H and O–H groups in total. The van der Waals surface area contributed by atoms with E-state index in [9.17, 15) is 4.79 Å². The second-order valence-electron chi connectivity index (χ2n) is 7.04. The fourth-order valence-corrected chi connectivity index (χ4v) is 3.03. The number of ketones is 1. The Hall–Kier alpha value is -4.06. The molecular weight excluding hydrogens is 388 g/mol. The van der Waals surface area contributed by atoms with Crippen molar-refractivity contribution in [2.75, 3.05) is 6.61 Å². The lowest BCUT2D eigenvalue weighted by Crippen LogP contribution is -2.02. The summed E-state index contributed by atoms with van der Waals surface area (Å²) < 4.78 is 5.89. The van der Waals surface area contributed by atoms with Crippen molar-refractivity contribution in [1.29, 1.82) is 0 Å². The number of aromatic amines is 2. The van der Waals surface area contributed by atoms with Crippen LogP contribution in [0, 0.1) is 6.92 Å². The molecular formula is C25H26N4O2. The number of aryl methyl sites for hydroxylation is 1. The zero-order chi connectivity index (χ0) is 22.4. The second kappa shape index (κ2) is 9.63. The van der Waals surface area contributed by atoms with Gasteiger partial charge in [-0.05, 0) is 55.3 Å². The topological polar surface area (TPSA) is 96.3 Å². The lowest BCUT2D eigenvalue weighted by molar-refractivity contribution is 0.103. The van der Waals surface area contributed by atoms with Gasteiger partial charge < -0.3 is 20.4 Å². The standard InChI is InChI=1S/C25H26N4O2/c1-5-7-8-18(6-2)15-31-20-9-10-21-19(12-20)13-23(28-21)25(30)22-11-16(3)24(29-22)14-27-17(4)26/h5-14,28-29H,1,4,15,26H2,2-3H3/b8-7-,18-6+,27-14-. The Balaban J connectivity index is 1.79. The number of rotatable bonds is 9. The summed E-state index contributed by atoms with van der Waals surface area (Å²) in [6.07, 6.45) is 9.11. The molecule has 1 aromatic carbocycles. The maximum atomic E-state index is 13.0. The first kappa shape index (κ1) is 21.6. The molecule has 6 heteroatoms. The van der Waals surface area contributed by atoms with Crippen LogP contribution >= 0.6 is 0 Å². The molecule has 3 rings (SSSR count). The van der Waals surface area contributed by atoms with Gasteiger partial charge in [0.05, 0.1) is 23.3 Å². The van der Waals surface area contributed by atoms with Gasteiger partial charge in [0.1, 0.15) is 18.2 Å². The fraction of sp³-hybridized carbons (Fsp3) is 0.120. The summed E-state index contributed by atoms with van der Waals surface area (Å²) in [5.41, 5.74) is 9.94. The van der Waals surface area contributed by atoms with Crippen molar-refractivity contribution in [3.8, 4) is 5.75 Å². The molecule has 0 amide bonds. The van der Waals surface area contributed by atoms with E-state index in [0.29, 0.717) is 23.7 Å². The van der Waals surface area contributed by atoms with Gasteiger partial charge in [-0.2, -0.15) is 0 Å². The van der Waals surface area contributed by atoms with Crippen LogP contribution in [0.4, 0.5) is 0 Å². The minimum atomic E-state index is -0.140. The van der Waals surface area contributed by atoms with Gasteiger partial charge in [0.15, 0.2) is 0 Å². The minimum absolute atomic E-state index is 0.140. The van der Waals surface area contributed by atoms with E-state index in [4.69, 9.17) is 10.5 Å². The summed E-state index contributed by atoms with van der Waals surface area (Å²) in [6.45, 7) is 11.5.